The first-order chi connectivity index (χ1) is 12.8. The van der Waals surface area contributed by atoms with Crippen LogP contribution in [0.1, 0.15) is 43.5 Å². The van der Waals surface area contributed by atoms with E-state index >= 15 is 0 Å². The van der Waals surface area contributed by atoms with Gasteiger partial charge in [0.05, 0.1) is 5.56 Å². The van der Waals surface area contributed by atoms with Crippen LogP contribution in [0.4, 0.5) is 4.79 Å². The van der Waals surface area contributed by atoms with Crippen molar-refractivity contribution in [2.24, 2.45) is 11.3 Å². The molecule has 0 saturated carbocycles. The van der Waals surface area contributed by atoms with Gasteiger partial charge in [-0.2, -0.15) is 0 Å². The number of carbonyl (C=O) groups excluding carboxylic acids is 5. The molecule has 144 valence electrons. The van der Waals surface area contributed by atoms with E-state index < -0.39 is 54.0 Å². The van der Waals surface area contributed by atoms with Crippen LogP contribution in [0.5, 0.6) is 0 Å². The van der Waals surface area contributed by atoms with Crippen molar-refractivity contribution in [3.8, 4) is 0 Å². The van der Waals surface area contributed by atoms with E-state index in [4.69, 9.17) is 4.74 Å². The molecule has 0 aliphatic carbocycles. The number of benzene rings is 1. The molecule has 0 spiro atoms. The summed E-state index contributed by atoms with van der Waals surface area (Å²) in [6.45, 7) is 3.00. The van der Waals surface area contributed by atoms with E-state index in [1.807, 2.05) is 6.92 Å². The molecule has 8 nitrogen and oxygen atoms in total. The maximum atomic E-state index is 12.5. The molecule has 1 unspecified atom stereocenters. The van der Waals surface area contributed by atoms with Gasteiger partial charge in [0.15, 0.2) is 5.78 Å². The number of rotatable bonds is 8. The number of carbonyl (C=O) groups is 5. The lowest BCUT2D eigenvalue weighted by atomic mass is 9.68. The third-order valence-corrected chi connectivity index (χ3v) is 4.68. The second-order valence-corrected chi connectivity index (χ2v) is 6.56. The maximum absolute atomic E-state index is 12.5. The average molecular weight is 374 g/mol. The number of barbiturate groups is 1. The highest BCUT2D eigenvalue weighted by Crippen LogP contribution is 2.37. The van der Waals surface area contributed by atoms with Crippen LogP contribution in [0.25, 0.3) is 0 Å². The summed E-state index contributed by atoms with van der Waals surface area (Å²) in [6, 6.07) is 7.24. The Balaban J connectivity index is 2.12. The summed E-state index contributed by atoms with van der Waals surface area (Å²) in [5.74, 6) is -3.35. The zero-order chi connectivity index (χ0) is 20.0. The fraction of sp³-hybridized carbons (Fsp3) is 0.421. The lowest BCUT2D eigenvalue weighted by Crippen LogP contribution is -2.65. The Hall–Kier alpha value is -3.03. The van der Waals surface area contributed by atoms with E-state index in [9.17, 15) is 24.0 Å². The summed E-state index contributed by atoms with van der Waals surface area (Å²) in [5.41, 5.74) is -1.42. The van der Waals surface area contributed by atoms with Crippen LogP contribution in [0, 0.1) is 11.3 Å². The van der Waals surface area contributed by atoms with Crippen molar-refractivity contribution in [1.82, 2.24) is 10.6 Å². The minimum atomic E-state index is -1.71. The molecule has 8 heteroatoms. The molecule has 0 aromatic heterocycles. The Morgan fingerprint density at radius 2 is 1.67 bits per heavy atom. The second-order valence-electron chi connectivity index (χ2n) is 6.56. The zero-order valence-corrected chi connectivity index (χ0v) is 15.2. The number of imide groups is 2. The van der Waals surface area contributed by atoms with E-state index in [1.165, 1.54) is 0 Å². The van der Waals surface area contributed by atoms with Gasteiger partial charge in [-0.05, 0) is 24.5 Å². The van der Waals surface area contributed by atoms with Crippen LogP contribution in [-0.2, 0) is 19.1 Å². The molecule has 1 heterocycles. The number of hydrogen-bond acceptors (Lipinski definition) is 6. The smallest absolute Gasteiger partial charge is 0.338 e. The predicted octanol–water partition coefficient (Wildman–Crippen LogP) is 1.59. The van der Waals surface area contributed by atoms with Gasteiger partial charge in [-0.3, -0.25) is 25.0 Å². The summed E-state index contributed by atoms with van der Waals surface area (Å²) in [6.07, 6.45) is 0.738. The number of hydrogen-bond donors (Lipinski definition) is 2. The third kappa shape index (κ3) is 4.39. The lowest BCUT2D eigenvalue weighted by Gasteiger charge is -2.38. The van der Waals surface area contributed by atoms with Gasteiger partial charge < -0.3 is 4.74 Å². The van der Waals surface area contributed by atoms with E-state index in [-0.39, 0.29) is 5.56 Å². The molecule has 4 amide bonds. The maximum Gasteiger partial charge on any atom is 0.338 e. The van der Waals surface area contributed by atoms with E-state index in [0.29, 0.717) is 12.8 Å². The Bertz CT molecular complexity index is 739. The first-order valence-electron chi connectivity index (χ1n) is 8.72. The number of esters is 1. The SMILES string of the molecule is CCCC(C)C1(CC(=O)COC(=O)c2ccccc2)C(=O)NC(=O)NC1=O. The number of ketones is 1. The molecule has 1 atom stereocenters. The quantitative estimate of drug-likeness (QED) is 0.527. The van der Waals surface area contributed by atoms with Crippen molar-refractivity contribution in [1.29, 1.82) is 0 Å². The van der Waals surface area contributed by atoms with Crippen molar-refractivity contribution >= 4 is 29.6 Å². The van der Waals surface area contributed by atoms with Crippen LogP contribution in [0.2, 0.25) is 0 Å². The van der Waals surface area contributed by atoms with Crippen LogP contribution in [-0.4, -0.2) is 36.2 Å². The van der Waals surface area contributed by atoms with Crippen LogP contribution < -0.4 is 10.6 Å². The minimum Gasteiger partial charge on any atom is -0.454 e. The van der Waals surface area contributed by atoms with Crippen molar-refractivity contribution < 1.29 is 28.7 Å². The summed E-state index contributed by atoms with van der Waals surface area (Å²) < 4.78 is 4.99. The number of Topliss-reactive ketones (excluding diaryl/α,β-unsaturated/α-hetero) is 1. The standard InChI is InChI=1S/C19H22N2O6/c1-3-7-12(2)19(16(24)20-18(26)21-17(19)25)10-14(22)11-27-15(23)13-8-5-4-6-9-13/h4-6,8-9,12H,3,7,10-11H2,1-2H3,(H2,20,21,24,25,26). The van der Waals surface area contributed by atoms with E-state index in [0.717, 1.165) is 0 Å². The van der Waals surface area contributed by atoms with Gasteiger partial charge in [0.1, 0.15) is 12.0 Å². The average Bonchev–Trinajstić information content (AvgIpc) is 2.63. The highest BCUT2D eigenvalue weighted by atomic mass is 16.5. The number of nitrogens with one attached hydrogen (secondary N) is 2. The van der Waals surface area contributed by atoms with Gasteiger partial charge in [-0.15, -0.1) is 0 Å². The fourth-order valence-corrected chi connectivity index (χ4v) is 3.19. The predicted molar refractivity (Wildman–Crippen MR) is 94.5 cm³/mol. The van der Waals surface area contributed by atoms with Gasteiger partial charge in [0.25, 0.3) is 0 Å². The number of ether oxygens (including phenoxy) is 1. The molecule has 1 fully saturated rings. The Kier molecular flexibility index (Phi) is 6.44. The van der Waals surface area contributed by atoms with Crippen molar-refractivity contribution in [2.75, 3.05) is 6.61 Å². The summed E-state index contributed by atoms with van der Waals surface area (Å²) in [5, 5.41) is 4.13. The highest BCUT2D eigenvalue weighted by Gasteiger charge is 2.54. The molecule has 1 aromatic rings. The number of urea groups is 1. The Labute approximate surface area is 156 Å². The zero-order valence-electron chi connectivity index (χ0n) is 15.2. The van der Waals surface area contributed by atoms with Crippen molar-refractivity contribution in [3.63, 3.8) is 0 Å². The monoisotopic (exact) mass is 374 g/mol. The second kappa shape index (κ2) is 8.57. The van der Waals surface area contributed by atoms with Crippen LogP contribution >= 0.6 is 0 Å². The molecule has 1 saturated heterocycles. The highest BCUT2D eigenvalue weighted by molar-refractivity contribution is 6.20. The molecule has 1 aliphatic rings. The normalized spacial score (nSPS) is 16.9. The molecular formula is C19H22N2O6. The molecule has 0 radical (unpaired) electrons. The molecular weight excluding hydrogens is 352 g/mol. The van der Waals surface area contributed by atoms with Gasteiger partial charge in [-0.1, -0.05) is 38.5 Å². The lowest BCUT2D eigenvalue weighted by molar-refractivity contribution is -0.152. The first kappa shape index (κ1) is 20.3. The molecule has 2 N–H and O–H groups in total. The van der Waals surface area contributed by atoms with Crippen molar-refractivity contribution in [3.05, 3.63) is 35.9 Å². The van der Waals surface area contributed by atoms with Gasteiger partial charge in [-0.25, -0.2) is 9.59 Å². The topological polar surface area (TPSA) is 119 Å². The summed E-state index contributed by atoms with van der Waals surface area (Å²) >= 11 is 0. The summed E-state index contributed by atoms with van der Waals surface area (Å²) in [4.78, 5) is 60.7. The largest absolute Gasteiger partial charge is 0.454 e. The van der Waals surface area contributed by atoms with Gasteiger partial charge >= 0.3 is 12.0 Å². The van der Waals surface area contributed by atoms with Crippen LogP contribution in [0.15, 0.2) is 30.3 Å². The molecule has 0 bridgehead atoms. The third-order valence-electron chi connectivity index (χ3n) is 4.68. The van der Waals surface area contributed by atoms with E-state index in [2.05, 4.69) is 10.6 Å². The van der Waals surface area contributed by atoms with Crippen LogP contribution in [0.3, 0.4) is 0 Å². The van der Waals surface area contributed by atoms with E-state index in [1.54, 1.807) is 37.3 Å². The van der Waals surface area contributed by atoms with Gasteiger partial charge in [0, 0.05) is 6.42 Å². The molecule has 1 aromatic carbocycles. The Morgan fingerprint density at radius 3 is 2.22 bits per heavy atom. The summed E-state index contributed by atoms with van der Waals surface area (Å²) in [7, 11) is 0. The molecule has 2 rings (SSSR count). The fourth-order valence-electron chi connectivity index (χ4n) is 3.19. The van der Waals surface area contributed by atoms with Crippen molar-refractivity contribution in [2.45, 2.75) is 33.1 Å². The molecule has 1 aliphatic heterocycles. The number of amides is 4. The van der Waals surface area contributed by atoms with Gasteiger partial charge in [0.2, 0.25) is 11.8 Å². The first-order valence-corrected chi connectivity index (χ1v) is 8.72. The Morgan fingerprint density at radius 1 is 1.07 bits per heavy atom. The molecule has 27 heavy (non-hydrogen) atoms. The minimum absolute atomic E-state index is 0.290.